The third-order valence-corrected chi connectivity index (χ3v) is 2.88. The second kappa shape index (κ2) is 8.22. The van der Waals surface area contributed by atoms with Crippen molar-refractivity contribution < 1.29 is 9.53 Å². The molecule has 0 aliphatic heterocycles. The molecule has 0 heterocycles. The molecule has 5 heteroatoms. The van der Waals surface area contributed by atoms with Gasteiger partial charge in [0.25, 0.3) is 5.91 Å². The number of carbonyl (C=O) groups excluding carboxylic acids is 1. The fraction of sp³-hybridized carbons (Fsp3) is 0.417. The largest absolute Gasteiger partial charge is 0.383 e. The molecule has 0 aliphatic rings. The molecule has 1 amide bonds. The summed E-state index contributed by atoms with van der Waals surface area (Å²) in [5, 5.41) is 6.00. The van der Waals surface area contributed by atoms with E-state index in [1.165, 1.54) is 0 Å². The van der Waals surface area contributed by atoms with E-state index in [4.69, 9.17) is 4.74 Å². The molecule has 0 aliphatic carbocycles. The molecule has 17 heavy (non-hydrogen) atoms. The predicted octanol–water partition coefficient (Wildman–Crippen LogP) is 1.41. The highest BCUT2D eigenvalue weighted by molar-refractivity contribution is 9.10. The van der Waals surface area contributed by atoms with E-state index >= 15 is 0 Å². The minimum Gasteiger partial charge on any atom is -0.383 e. The fourth-order valence-electron chi connectivity index (χ4n) is 1.30. The monoisotopic (exact) mass is 300 g/mol. The van der Waals surface area contributed by atoms with Crippen LogP contribution in [-0.2, 0) is 4.74 Å². The molecule has 0 atom stereocenters. The minimum atomic E-state index is -0.0639. The van der Waals surface area contributed by atoms with E-state index in [9.17, 15) is 4.79 Å². The van der Waals surface area contributed by atoms with E-state index in [0.717, 1.165) is 17.6 Å². The Bertz CT molecular complexity index is 358. The summed E-state index contributed by atoms with van der Waals surface area (Å²) < 4.78 is 5.71. The molecule has 0 saturated carbocycles. The van der Waals surface area contributed by atoms with E-state index in [2.05, 4.69) is 26.6 Å². The quantitative estimate of drug-likeness (QED) is 0.749. The lowest BCUT2D eigenvalue weighted by atomic mass is 10.2. The fourth-order valence-corrected chi connectivity index (χ4v) is 1.77. The van der Waals surface area contributed by atoms with Crippen LogP contribution in [0, 0.1) is 0 Å². The first kappa shape index (κ1) is 14.2. The van der Waals surface area contributed by atoms with Crippen LogP contribution in [0.4, 0.5) is 0 Å². The Morgan fingerprint density at radius 3 is 2.76 bits per heavy atom. The number of ether oxygens (including phenoxy) is 1. The topological polar surface area (TPSA) is 50.4 Å². The van der Waals surface area contributed by atoms with Crippen molar-refractivity contribution in [2.45, 2.75) is 0 Å². The molecule has 4 nitrogen and oxygen atoms in total. The van der Waals surface area contributed by atoms with Crippen LogP contribution >= 0.6 is 15.9 Å². The Labute approximate surface area is 110 Å². The molecule has 0 unspecified atom stereocenters. The SMILES string of the molecule is COCCNCCNC(=O)c1ccccc1Br. The number of hydrogen-bond acceptors (Lipinski definition) is 3. The van der Waals surface area contributed by atoms with Crippen molar-refractivity contribution in [3.63, 3.8) is 0 Å². The van der Waals surface area contributed by atoms with E-state index in [0.29, 0.717) is 18.7 Å². The van der Waals surface area contributed by atoms with E-state index in [-0.39, 0.29) is 5.91 Å². The molecule has 0 radical (unpaired) electrons. The highest BCUT2D eigenvalue weighted by Gasteiger charge is 2.07. The second-order valence-electron chi connectivity index (χ2n) is 3.48. The van der Waals surface area contributed by atoms with Gasteiger partial charge >= 0.3 is 0 Å². The van der Waals surface area contributed by atoms with Crippen LogP contribution in [0.1, 0.15) is 10.4 Å². The van der Waals surface area contributed by atoms with Gasteiger partial charge in [-0.1, -0.05) is 12.1 Å². The van der Waals surface area contributed by atoms with Crippen molar-refractivity contribution in [3.8, 4) is 0 Å². The molecule has 0 spiro atoms. The van der Waals surface area contributed by atoms with Crippen LogP contribution in [0.15, 0.2) is 28.7 Å². The molecule has 1 aromatic rings. The smallest absolute Gasteiger partial charge is 0.252 e. The summed E-state index contributed by atoms with van der Waals surface area (Å²) in [6, 6.07) is 7.37. The summed E-state index contributed by atoms with van der Waals surface area (Å²) in [4.78, 5) is 11.8. The molecule has 0 saturated heterocycles. The van der Waals surface area contributed by atoms with E-state index < -0.39 is 0 Å². The lowest BCUT2D eigenvalue weighted by molar-refractivity contribution is 0.0953. The Balaban J connectivity index is 2.24. The number of carbonyl (C=O) groups is 1. The highest BCUT2D eigenvalue weighted by atomic mass is 79.9. The van der Waals surface area contributed by atoms with E-state index in [1.807, 2.05) is 18.2 Å². The maximum absolute atomic E-state index is 11.8. The first-order valence-electron chi connectivity index (χ1n) is 5.48. The van der Waals surface area contributed by atoms with Crippen LogP contribution in [-0.4, -0.2) is 39.3 Å². The molecule has 1 rings (SSSR count). The van der Waals surface area contributed by atoms with Gasteiger partial charge in [0.15, 0.2) is 0 Å². The number of hydrogen-bond donors (Lipinski definition) is 2. The number of rotatable bonds is 7. The Morgan fingerprint density at radius 2 is 2.06 bits per heavy atom. The van der Waals surface area contributed by atoms with Gasteiger partial charge in [-0.3, -0.25) is 4.79 Å². The molecule has 0 aromatic heterocycles. The maximum atomic E-state index is 11.8. The standard InChI is InChI=1S/C12H17BrN2O2/c1-17-9-8-14-6-7-15-12(16)10-4-2-3-5-11(10)13/h2-5,14H,6-9H2,1H3,(H,15,16). The van der Waals surface area contributed by atoms with Crippen molar-refractivity contribution in [1.29, 1.82) is 0 Å². The summed E-state index contributed by atoms with van der Waals surface area (Å²) >= 11 is 3.35. The minimum absolute atomic E-state index is 0.0639. The third-order valence-electron chi connectivity index (χ3n) is 2.19. The van der Waals surface area contributed by atoms with Crippen LogP contribution in [0.5, 0.6) is 0 Å². The Kier molecular flexibility index (Phi) is 6.84. The van der Waals surface area contributed by atoms with Gasteiger partial charge in [0.1, 0.15) is 0 Å². The van der Waals surface area contributed by atoms with Crippen molar-refractivity contribution in [2.75, 3.05) is 33.4 Å². The zero-order valence-electron chi connectivity index (χ0n) is 9.83. The number of amides is 1. The van der Waals surface area contributed by atoms with Gasteiger partial charge in [-0.2, -0.15) is 0 Å². The predicted molar refractivity (Wildman–Crippen MR) is 71.2 cm³/mol. The lowest BCUT2D eigenvalue weighted by Gasteiger charge is -2.07. The van der Waals surface area contributed by atoms with Crippen molar-refractivity contribution >= 4 is 21.8 Å². The van der Waals surface area contributed by atoms with Crippen LogP contribution in [0.25, 0.3) is 0 Å². The lowest BCUT2D eigenvalue weighted by Crippen LogP contribution is -2.33. The molecule has 94 valence electrons. The van der Waals surface area contributed by atoms with Crippen molar-refractivity contribution in [1.82, 2.24) is 10.6 Å². The maximum Gasteiger partial charge on any atom is 0.252 e. The molecule has 2 N–H and O–H groups in total. The molecular formula is C12H17BrN2O2. The Morgan fingerprint density at radius 1 is 1.29 bits per heavy atom. The molecule has 1 aromatic carbocycles. The molecular weight excluding hydrogens is 284 g/mol. The summed E-state index contributed by atoms with van der Waals surface area (Å²) in [6.07, 6.45) is 0. The van der Waals surface area contributed by atoms with Gasteiger partial charge in [0.05, 0.1) is 12.2 Å². The normalized spacial score (nSPS) is 10.2. The number of benzene rings is 1. The van der Waals surface area contributed by atoms with Crippen LogP contribution < -0.4 is 10.6 Å². The number of halogens is 1. The first-order valence-corrected chi connectivity index (χ1v) is 6.27. The summed E-state index contributed by atoms with van der Waals surface area (Å²) in [5.41, 5.74) is 0.657. The molecule has 0 fully saturated rings. The van der Waals surface area contributed by atoms with Crippen molar-refractivity contribution in [2.24, 2.45) is 0 Å². The first-order chi connectivity index (χ1) is 8.25. The second-order valence-corrected chi connectivity index (χ2v) is 4.33. The number of methoxy groups -OCH3 is 1. The van der Waals surface area contributed by atoms with Gasteiger partial charge in [-0.25, -0.2) is 0 Å². The summed E-state index contributed by atoms with van der Waals surface area (Å²) in [7, 11) is 1.66. The van der Waals surface area contributed by atoms with Crippen LogP contribution in [0.3, 0.4) is 0 Å². The summed E-state index contributed by atoms with van der Waals surface area (Å²) in [5.74, 6) is -0.0639. The van der Waals surface area contributed by atoms with Crippen molar-refractivity contribution in [3.05, 3.63) is 34.3 Å². The third kappa shape index (κ3) is 5.30. The zero-order chi connectivity index (χ0) is 12.5. The van der Waals surface area contributed by atoms with Gasteiger partial charge < -0.3 is 15.4 Å². The van der Waals surface area contributed by atoms with Gasteiger partial charge in [-0.05, 0) is 28.1 Å². The zero-order valence-corrected chi connectivity index (χ0v) is 11.4. The summed E-state index contributed by atoms with van der Waals surface area (Å²) in [6.45, 7) is 2.81. The number of nitrogens with one attached hydrogen (secondary N) is 2. The average Bonchev–Trinajstić information content (AvgIpc) is 2.34. The van der Waals surface area contributed by atoms with E-state index in [1.54, 1.807) is 13.2 Å². The van der Waals surface area contributed by atoms with Gasteiger partial charge in [-0.15, -0.1) is 0 Å². The molecule has 0 bridgehead atoms. The highest BCUT2D eigenvalue weighted by Crippen LogP contribution is 2.15. The van der Waals surface area contributed by atoms with Crippen LogP contribution in [0.2, 0.25) is 0 Å². The van der Waals surface area contributed by atoms with Gasteiger partial charge in [0, 0.05) is 31.2 Å². The average molecular weight is 301 g/mol. The Hall–Kier alpha value is -0.910. The van der Waals surface area contributed by atoms with Gasteiger partial charge in [0.2, 0.25) is 0 Å².